The van der Waals surface area contributed by atoms with Crippen LogP contribution in [-0.4, -0.2) is 22.4 Å². The number of hydrogen-bond acceptors (Lipinski definition) is 3. The zero-order chi connectivity index (χ0) is 19.6. The Kier molecular flexibility index (Phi) is 6.45. The third kappa shape index (κ3) is 5.72. The van der Waals surface area contributed by atoms with Crippen LogP contribution in [0.2, 0.25) is 0 Å². The fraction of sp³-hybridized carbons (Fsp3) is 0.739. The minimum atomic E-state index is -0.896. The van der Waals surface area contributed by atoms with E-state index in [0.29, 0.717) is 18.1 Å². The lowest BCUT2D eigenvalue weighted by Crippen LogP contribution is -2.47. The largest absolute Gasteiger partial charge is 0.490 e. The molecule has 1 fully saturated rings. The molecule has 0 saturated heterocycles. The Morgan fingerprint density at radius 2 is 1.58 bits per heavy atom. The Labute approximate surface area is 160 Å². The average Bonchev–Trinajstić information content (AvgIpc) is 2.52. The minimum Gasteiger partial charge on any atom is -0.490 e. The summed E-state index contributed by atoms with van der Waals surface area (Å²) in [4.78, 5) is 0. The summed E-state index contributed by atoms with van der Waals surface area (Å²) in [6.07, 6.45) is 5.08. The van der Waals surface area contributed by atoms with E-state index in [1.807, 2.05) is 32.0 Å². The molecule has 2 rings (SSSR count). The Morgan fingerprint density at radius 3 is 2.12 bits per heavy atom. The molecule has 1 aliphatic rings. The summed E-state index contributed by atoms with van der Waals surface area (Å²) in [7, 11) is 0. The van der Waals surface area contributed by atoms with E-state index in [-0.39, 0.29) is 0 Å². The van der Waals surface area contributed by atoms with E-state index in [4.69, 9.17) is 9.47 Å². The van der Waals surface area contributed by atoms with E-state index in [2.05, 4.69) is 26.8 Å². The first-order chi connectivity index (χ1) is 11.9. The molecule has 1 aromatic carbocycles. The van der Waals surface area contributed by atoms with E-state index in [1.165, 1.54) is 12.8 Å². The molecule has 3 nitrogen and oxygen atoms in total. The molecule has 0 atom stereocenters. The lowest BCUT2D eigenvalue weighted by Gasteiger charge is -2.37. The summed E-state index contributed by atoms with van der Waals surface area (Å²) in [5.74, 6) is 1.72. The molecule has 1 aliphatic carbocycles. The normalized spacial score (nSPS) is 22.3. The van der Waals surface area contributed by atoms with Gasteiger partial charge in [-0.05, 0) is 82.4 Å². The van der Waals surface area contributed by atoms with E-state index < -0.39 is 11.2 Å². The summed E-state index contributed by atoms with van der Waals surface area (Å²) in [6.45, 7) is 14.9. The van der Waals surface area contributed by atoms with Crippen molar-refractivity contribution >= 4 is 0 Å². The summed E-state index contributed by atoms with van der Waals surface area (Å²) in [5, 5.41) is 10.2. The smallest absolute Gasteiger partial charge is 0.120 e. The average molecular weight is 363 g/mol. The molecule has 0 aliphatic heterocycles. The molecule has 0 spiro atoms. The Balaban J connectivity index is 1.90. The van der Waals surface area contributed by atoms with E-state index in [1.54, 1.807) is 13.8 Å². The minimum absolute atomic E-state index is 0.317. The van der Waals surface area contributed by atoms with Crippen LogP contribution in [0.3, 0.4) is 0 Å². The second-order valence-corrected chi connectivity index (χ2v) is 9.96. The number of hydrogen-bond donors (Lipinski definition) is 1. The molecule has 1 N–H and O–H groups in total. The molecule has 0 amide bonds. The van der Waals surface area contributed by atoms with E-state index in [0.717, 1.165) is 30.1 Å². The van der Waals surface area contributed by atoms with Crippen LogP contribution in [0.15, 0.2) is 24.3 Å². The van der Waals surface area contributed by atoms with Gasteiger partial charge in [0.15, 0.2) is 0 Å². The van der Waals surface area contributed by atoms with Crippen molar-refractivity contribution < 1.29 is 14.6 Å². The standard InChI is InChI=1S/C23H38O3/c1-21(2,3)18-11-13-19(14-12-18)26-20-10-8-9-17(15-20)16-25-23(6,7)22(4,5)24/h8-10,15,18-19,24H,11-14,16H2,1-7H3. The first-order valence-corrected chi connectivity index (χ1v) is 10.0. The number of benzene rings is 1. The van der Waals surface area contributed by atoms with Crippen molar-refractivity contribution in [2.24, 2.45) is 11.3 Å². The summed E-state index contributed by atoms with van der Waals surface area (Å²) < 4.78 is 12.2. The van der Waals surface area contributed by atoms with Gasteiger partial charge in [-0.1, -0.05) is 32.9 Å². The van der Waals surface area contributed by atoms with Gasteiger partial charge in [0, 0.05) is 0 Å². The second-order valence-electron chi connectivity index (χ2n) is 9.96. The fourth-order valence-corrected chi connectivity index (χ4v) is 3.39. The first-order valence-electron chi connectivity index (χ1n) is 10.0. The quantitative estimate of drug-likeness (QED) is 0.701. The van der Waals surface area contributed by atoms with Gasteiger partial charge < -0.3 is 14.6 Å². The van der Waals surface area contributed by atoms with Gasteiger partial charge in [0.1, 0.15) is 5.75 Å². The van der Waals surface area contributed by atoms with Crippen LogP contribution in [0.4, 0.5) is 0 Å². The highest BCUT2D eigenvalue weighted by Crippen LogP contribution is 2.38. The molecule has 3 heteroatoms. The molecule has 0 radical (unpaired) electrons. The van der Waals surface area contributed by atoms with Crippen LogP contribution in [0, 0.1) is 11.3 Å². The van der Waals surface area contributed by atoms with Gasteiger partial charge >= 0.3 is 0 Å². The van der Waals surface area contributed by atoms with Crippen molar-refractivity contribution in [3.8, 4) is 5.75 Å². The number of ether oxygens (including phenoxy) is 2. The highest BCUT2D eigenvalue weighted by atomic mass is 16.5. The molecule has 148 valence electrons. The topological polar surface area (TPSA) is 38.7 Å². The van der Waals surface area contributed by atoms with Crippen molar-refractivity contribution in [1.29, 1.82) is 0 Å². The summed E-state index contributed by atoms with van der Waals surface area (Å²) in [6, 6.07) is 8.16. The maximum Gasteiger partial charge on any atom is 0.120 e. The van der Waals surface area contributed by atoms with Gasteiger partial charge in [-0.3, -0.25) is 0 Å². The summed E-state index contributed by atoms with van der Waals surface area (Å²) >= 11 is 0. The molecular weight excluding hydrogens is 324 g/mol. The van der Waals surface area contributed by atoms with Crippen LogP contribution >= 0.6 is 0 Å². The van der Waals surface area contributed by atoms with E-state index >= 15 is 0 Å². The van der Waals surface area contributed by atoms with Crippen molar-refractivity contribution in [2.75, 3.05) is 0 Å². The maximum atomic E-state index is 10.2. The molecular formula is C23H38O3. The van der Waals surface area contributed by atoms with Crippen molar-refractivity contribution in [3.05, 3.63) is 29.8 Å². The highest BCUT2D eigenvalue weighted by Gasteiger charge is 2.36. The third-order valence-corrected chi connectivity index (χ3v) is 6.17. The molecule has 1 saturated carbocycles. The van der Waals surface area contributed by atoms with Crippen LogP contribution in [0.1, 0.15) is 79.7 Å². The monoisotopic (exact) mass is 362 g/mol. The molecule has 0 bridgehead atoms. The van der Waals surface area contributed by atoms with Gasteiger partial charge in [0.25, 0.3) is 0 Å². The van der Waals surface area contributed by atoms with Gasteiger partial charge in [-0.2, -0.15) is 0 Å². The van der Waals surface area contributed by atoms with Gasteiger partial charge in [0.05, 0.1) is 23.9 Å². The Morgan fingerprint density at radius 1 is 0.962 bits per heavy atom. The predicted molar refractivity (Wildman–Crippen MR) is 107 cm³/mol. The predicted octanol–water partition coefficient (Wildman–Crippen LogP) is 5.74. The lowest BCUT2D eigenvalue weighted by atomic mass is 9.72. The number of rotatable bonds is 6. The SMILES string of the molecule is CC(C)(C)C1CCC(Oc2cccc(COC(C)(C)C(C)(C)O)c2)CC1. The Bertz CT molecular complexity index is 570. The molecule has 1 aromatic rings. The van der Waals surface area contributed by atoms with Crippen molar-refractivity contribution in [2.45, 2.75) is 98.1 Å². The van der Waals surface area contributed by atoms with Gasteiger partial charge in [0.2, 0.25) is 0 Å². The Hall–Kier alpha value is -1.06. The highest BCUT2D eigenvalue weighted by molar-refractivity contribution is 5.28. The van der Waals surface area contributed by atoms with Crippen molar-refractivity contribution in [3.63, 3.8) is 0 Å². The summed E-state index contributed by atoms with van der Waals surface area (Å²) in [5.41, 5.74) is -0.0412. The molecule has 0 aromatic heterocycles. The van der Waals surface area contributed by atoms with E-state index in [9.17, 15) is 5.11 Å². The van der Waals surface area contributed by atoms with Crippen LogP contribution in [0.5, 0.6) is 5.75 Å². The fourth-order valence-electron chi connectivity index (χ4n) is 3.39. The third-order valence-electron chi connectivity index (χ3n) is 6.17. The van der Waals surface area contributed by atoms with Crippen LogP contribution in [-0.2, 0) is 11.3 Å². The van der Waals surface area contributed by atoms with Gasteiger partial charge in [-0.15, -0.1) is 0 Å². The maximum absolute atomic E-state index is 10.2. The zero-order valence-electron chi connectivity index (χ0n) is 17.8. The lowest BCUT2D eigenvalue weighted by molar-refractivity contribution is -0.153. The molecule has 26 heavy (non-hydrogen) atoms. The van der Waals surface area contributed by atoms with Crippen LogP contribution < -0.4 is 4.74 Å². The first kappa shape index (κ1) is 21.2. The molecule has 0 heterocycles. The second kappa shape index (κ2) is 7.90. The number of aliphatic hydroxyl groups is 1. The van der Waals surface area contributed by atoms with Crippen molar-refractivity contribution in [1.82, 2.24) is 0 Å². The van der Waals surface area contributed by atoms with Gasteiger partial charge in [-0.25, -0.2) is 0 Å². The molecule has 0 unspecified atom stereocenters. The zero-order valence-corrected chi connectivity index (χ0v) is 17.8. The van der Waals surface area contributed by atoms with Crippen LogP contribution in [0.25, 0.3) is 0 Å².